The summed E-state index contributed by atoms with van der Waals surface area (Å²) < 4.78 is 0.413. The molecule has 2 aromatic heterocycles. The second-order valence-corrected chi connectivity index (χ2v) is 3.11. The third kappa shape index (κ3) is 2.20. The third-order valence-corrected chi connectivity index (χ3v) is 1.84. The minimum absolute atomic E-state index is 0. The maximum atomic E-state index is 11.1. The van der Waals surface area contributed by atoms with Gasteiger partial charge in [-0.15, -0.1) is 0 Å². The first-order valence-electron chi connectivity index (χ1n) is 3.31. The van der Waals surface area contributed by atoms with Crippen molar-refractivity contribution in [2.24, 2.45) is 0 Å². The molecule has 0 saturated carbocycles. The topological polar surface area (TPSA) is 91.5 Å². The summed E-state index contributed by atoms with van der Waals surface area (Å²) in [5, 5.41) is 4.30. The van der Waals surface area contributed by atoms with Gasteiger partial charge in [-0.1, -0.05) is 0 Å². The number of fused-ring (bicyclic) bond motifs is 1. The number of rotatable bonds is 0. The number of halogens is 1. The van der Waals surface area contributed by atoms with Gasteiger partial charge in [0.15, 0.2) is 11.0 Å². The molecular weight excluding hydrogens is 279 g/mol. The molecule has 0 spiro atoms. The summed E-state index contributed by atoms with van der Waals surface area (Å²) in [6.45, 7) is 0. The van der Waals surface area contributed by atoms with Gasteiger partial charge in [-0.05, 0) is 15.9 Å². The van der Waals surface area contributed by atoms with E-state index >= 15 is 0 Å². The molecule has 2 rings (SSSR count). The average molecular weight is 282 g/mol. The molecule has 66 valence electrons. The van der Waals surface area contributed by atoms with E-state index in [1.54, 1.807) is 0 Å². The number of nitrogens with one attached hydrogen (secondary N) is 2. The second-order valence-electron chi connectivity index (χ2n) is 2.30. The number of nitrogens with zero attached hydrogens (tertiary/aromatic N) is 2. The van der Waals surface area contributed by atoms with Crippen molar-refractivity contribution in [3.05, 3.63) is 31.5 Å². The van der Waals surface area contributed by atoms with Gasteiger partial charge in [0.1, 0.15) is 4.60 Å². The minimum Gasteiger partial charge on any atom is -0.266 e. The normalized spacial score (nSPS) is 9.79. The number of aromatic amines is 2. The number of hydrogen-bond donors (Lipinski definition) is 2. The Balaban J connectivity index is 0.000000980. The van der Waals surface area contributed by atoms with E-state index < -0.39 is 11.1 Å². The fourth-order valence-corrected chi connectivity index (χ4v) is 1.20. The molecule has 0 fully saturated rings. The summed E-state index contributed by atoms with van der Waals surface area (Å²) in [5.74, 6) is 0. The monoisotopic (exact) mass is 281 g/mol. The Kier molecular flexibility index (Phi) is 4.16. The van der Waals surface area contributed by atoms with Gasteiger partial charge in [0, 0.05) is 0 Å². The van der Waals surface area contributed by atoms with E-state index in [4.69, 9.17) is 0 Å². The van der Waals surface area contributed by atoms with Crippen LogP contribution in [0.25, 0.3) is 11.0 Å². The predicted molar refractivity (Wildman–Crippen MR) is 48.5 cm³/mol. The van der Waals surface area contributed by atoms with Crippen LogP contribution in [0, 0.1) is 0 Å². The van der Waals surface area contributed by atoms with Crippen LogP contribution in [0.3, 0.4) is 0 Å². The maximum absolute atomic E-state index is 11.1. The molecule has 2 aromatic rings. The smallest absolute Gasteiger partial charge is 0.266 e. The standard InChI is InChI=1S/C6H3BrN4O2.K/c7-2-1-8-3-4(9-2)6(13)11-10-5(3)12;/h1H,(H,10,12)(H,11,13);/q;+1. The SMILES string of the molecule is O=c1[nH][nH]c(=O)c2nc(Br)cnc12.[K+]. The Morgan fingerprint density at radius 1 is 1.14 bits per heavy atom. The quantitative estimate of drug-likeness (QED) is 0.497. The first-order valence-corrected chi connectivity index (χ1v) is 4.11. The summed E-state index contributed by atoms with van der Waals surface area (Å²) in [6.07, 6.45) is 1.36. The Labute approximate surface area is 128 Å². The van der Waals surface area contributed by atoms with E-state index in [-0.39, 0.29) is 62.4 Å². The van der Waals surface area contributed by atoms with Gasteiger partial charge < -0.3 is 0 Å². The number of H-pyrrole nitrogens is 2. The van der Waals surface area contributed by atoms with Gasteiger partial charge in [0.2, 0.25) is 0 Å². The van der Waals surface area contributed by atoms with Crippen LogP contribution in [0.5, 0.6) is 0 Å². The Hall–Kier alpha value is 0.136. The van der Waals surface area contributed by atoms with Crippen LogP contribution >= 0.6 is 15.9 Å². The van der Waals surface area contributed by atoms with Crippen LogP contribution in [0.15, 0.2) is 20.4 Å². The van der Waals surface area contributed by atoms with E-state index in [1.165, 1.54) is 6.20 Å². The molecule has 0 atom stereocenters. The van der Waals surface area contributed by atoms with Crippen molar-refractivity contribution >= 4 is 27.0 Å². The fraction of sp³-hybridized carbons (Fsp3) is 0. The third-order valence-electron chi connectivity index (χ3n) is 1.46. The molecule has 0 aliphatic carbocycles. The van der Waals surface area contributed by atoms with Crippen LogP contribution in [0.2, 0.25) is 0 Å². The maximum Gasteiger partial charge on any atom is 1.00 e. The van der Waals surface area contributed by atoms with E-state index in [1.807, 2.05) is 0 Å². The van der Waals surface area contributed by atoms with E-state index in [2.05, 4.69) is 36.1 Å². The zero-order valence-electron chi connectivity index (χ0n) is 7.17. The summed E-state index contributed by atoms with van der Waals surface area (Å²) in [7, 11) is 0. The van der Waals surface area contributed by atoms with Crippen LogP contribution in [-0.4, -0.2) is 20.2 Å². The summed E-state index contributed by atoms with van der Waals surface area (Å²) in [5.41, 5.74) is -0.872. The molecule has 2 N–H and O–H groups in total. The molecule has 0 unspecified atom stereocenters. The van der Waals surface area contributed by atoms with Crippen molar-refractivity contribution < 1.29 is 51.4 Å². The van der Waals surface area contributed by atoms with Crippen LogP contribution in [0.4, 0.5) is 0 Å². The van der Waals surface area contributed by atoms with Crippen molar-refractivity contribution in [3.63, 3.8) is 0 Å². The average Bonchev–Trinajstić information content (AvgIpc) is 2.12. The number of aromatic nitrogens is 4. The number of hydrogen-bond acceptors (Lipinski definition) is 4. The zero-order chi connectivity index (χ0) is 9.42. The molecule has 0 radical (unpaired) electrons. The van der Waals surface area contributed by atoms with Gasteiger partial charge in [0.05, 0.1) is 6.20 Å². The van der Waals surface area contributed by atoms with E-state index in [9.17, 15) is 9.59 Å². The van der Waals surface area contributed by atoms with Crippen LogP contribution in [0.1, 0.15) is 0 Å². The second kappa shape index (κ2) is 4.77. The Bertz CT molecular complexity index is 578. The van der Waals surface area contributed by atoms with Gasteiger partial charge in [-0.25, -0.2) is 9.97 Å². The van der Waals surface area contributed by atoms with Gasteiger partial charge in [0.25, 0.3) is 11.1 Å². The van der Waals surface area contributed by atoms with E-state index in [0.29, 0.717) is 4.60 Å². The van der Waals surface area contributed by atoms with Crippen LogP contribution in [-0.2, 0) is 0 Å². The van der Waals surface area contributed by atoms with Gasteiger partial charge in [-0.3, -0.25) is 19.8 Å². The minimum atomic E-state index is -0.469. The van der Waals surface area contributed by atoms with Crippen molar-refractivity contribution in [2.45, 2.75) is 0 Å². The van der Waals surface area contributed by atoms with Gasteiger partial charge in [-0.2, -0.15) is 0 Å². The van der Waals surface area contributed by atoms with Crippen molar-refractivity contribution in [1.29, 1.82) is 0 Å². The van der Waals surface area contributed by atoms with Crippen LogP contribution < -0.4 is 62.5 Å². The molecule has 6 nitrogen and oxygen atoms in total. The first kappa shape index (κ1) is 12.2. The first-order chi connectivity index (χ1) is 6.18. The predicted octanol–water partition coefficient (Wildman–Crippen LogP) is -3.23. The molecule has 14 heavy (non-hydrogen) atoms. The molecule has 8 heteroatoms. The summed E-state index contributed by atoms with van der Waals surface area (Å²) in [4.78, 5) is 29.8. The van der Waals surface area contributed by atoms with Crippen molar-refractivity contribution in [3.8, 4) is 0 Å². The molecule has 2 heterocycles. The molecule has 0 aromatic carbocycles. The molecule has 0 aliphatic rings. The molecule has 0 saturated heterocycles. The molecule has 0 amide bonds. The fourth-order valence-electron chi connectivity index (χ4n) is 0.924. The summed E-state index contributed by atoms with van der Waals surface area (Å²) >= 11 is 3.05. The molecule has 0 aliphatic heterocycles. The zero-order valence-corrected chi connectivity index (χ0v) is 11.9. The Morgan fingerprint density at radius 3 is 2.36 bits per heavy atom. The van der Waals surface area contributed by atoms with Crippen molar-refractivity contribution in [1.82, 2.24) is 20.2 Å². The van der Waals surface area contributed by atoms with Gasteiger partial charge >= 0.3 is 51.4 Å². The van der Waals surface area contributed by atoms with Crippen molar-refractivity contribution in [2.75, 3.05) is 0 Å². The molecular formula is C6H3BrKN4O2+. The Morgan fingerprint density at radius 2 is 1.71 bits per heavy atom. The summed E-state index contributed by atoms with van der Waals surface area (Å²) in [6, 6.07) is 0. The molecule has 0 bridgehead atoms. The largest absolute Gasteiger partial charge is 1.00 e. The van der Waals surface area contributed by atoms with E-state index in [0.717, 1.165) is 0 Å².